The van der Waals surface area contributed by atoms with Gasteiger partial charge in [0.2, 0.25) is 10.0 Å². The van der Waals surface area contributed by atoms with Crippen LogP contribution in [0.1, 0.15) is 44.0 Å². The Kier molecular flexibility index (Phi) is 7.98. The van der Waals surface area contributed by atoms with E-state index < -0.39 is 16.0 Å². The maximum absolute atomic E-state index is 12.7. The number of piperidine rings is 1. The van der Waals surface area contributed by atoms with Gasteiger partial charge in [-0.3, -0.25) is 4.79 Å². The summed E-state index contributed by atoms with van der Waals surface area (Å²) in [5.74, 6) is -0.441. The van der Waals surface area contributed by atoms with Crippen LogP contribution in [0.4, 0.5) is 0 Å². The van der Waals surface area contributed by atoms with E-state index >= 15 is 0 Å². The van der Waals surface area contributed by atoms with Crippen molar-refractivity contribution in [3.05, 3.63) is 42.0 Å². The molecule has 0 unspecified atom stereocenters. The van der Waals surface area contributed by atoms with Crippen molar-refractivity contribution in [1.82, 2.24) is 9.21 Å². The van der Waals surface area contributed by atoms with Gasteiger partial charge in [0, 0.05) is 26.2 Å². The molecule has 1 aromatic rings. The molecule has 0 radical (unpaired) electrons. The Morgan fingerprint density at radius 3 is 2.31 bits per heavy atom. The first-order chi connectivity index (χ1) is 13.6. The van der Waals surface area contributed by atoms with Crippen LogP contribution in [0.5, 0.6) is 0 Å². The fraction of sp³-hybridized carbons (Fsp3) is 0.524. The lowest BCUT2D eigenvalue weighted by atomic mass is 10.0. The average molecular weight is 423 g/mol. The van der Waals surface area contributed by atoms with E-state index in [0.29, 0.717) is 32.1 Å². The van der Waals surface area contributed by atoms with E-state index in [1.807, 2.05) is 13.8 Å². The van der Waals surface area contributed by atoms with Crippen molar-refractivity contribution in [3.8, 4) is 0 Å². The molecule has 160 valence electrons. The van der Waals surface area contributed by atoms with E-state index in [9.17, 15) is 18.0 Å². The first-order valence-electron chi connectivity index (χ1n) is 9.84. The van der Waals surface area contributed by atoms with Gasteiger partial charge in [-0.05, 0) is 56.9 Å². The largest absolute Gasteiger partial charge is 0.452 e. The normalized spacial score (nSPS) is 15.7. The maximum atomic E-state index is 12.7. The molecule has 7 nitrogen and oxygen atoms in total. The molecule has 0 bridgehead atoms. The Hall–Kier alpha value is -2.19. The van der Waals surface area contributed by atoms with Crippen molar-refractivity contribution in [2.24, 2.45) is 5.92 Å². The SMILES string of the molecule is C=C(C)CN(CC)C(=O)COC(=O)c1ccc(S(=O)(=O)N2CCC(C)CC2)cc1. The third kappa shape index (κ3) is 6.14. The Balaban J connectivity index is 1.98. The third-order valence-electron chi connectivity index (χ3n) is 4.99. The minimum atomic E-state index is -3.57. The van der Waals surface area contributed by atoms with Gasteiger partial charge in [-0.1, -0.05) is 19.1 Å². The topological polar surface area (TPSA) is 84.0 Å². The fourth-order valence-corrected chi connectivity index (χ4v) is 4.61. The van der Waals surface area contributed by atoms with Crippen LogP contribution < -0.4 is 0 Å². The third-order valence-corrected chi connectivity index (χ3v) is 6.91. The standard InChI is InChI=1S/C21H30N2O5S/c1-5-22(14-16(2)3)20(24)15-28-21(25)18-6-8-19(9-7-18)29(26,27)23-12-10-17(4)11-13-23/h6-9,17H,2,5,10-15H2,1,3-4H3. The number of hydrogen-bond acceptors (Lipinski definition) is 5. The van der Waals surface area contributed by atoms with Gasteiger partial charge < -0.3 is 9.64 Å². The van der Waals surface area contributed by atoms with Crippen molar-refractivity contribution in [1.29, 1.82) is 0 Å². The number of benzene rings is 1. The molecule has 1 heterocycles. The lowest BCUT2D eigenvalue weighted by molar-refractivity contribution is -0.133. The molecule has 1 aromatic carbocycles. The molecule has 0 atom stereocenters. The van der Waals surface area contributed by atoms with Gasteiger partial charge in [0.25, 0.3) is 5.91 Å². The molecule has 0 aromatic heterocycles. The minimum absolute atomic E-state index is 0.151. The summed E-state index contributed by atoms with van der Waals surface area (Å²) in [6.45, 7) is 11.1. The highest BCUT2D eigenvalue weighted by Gasteiger charge is 2.28. The zero-order valence-corrected chi connectivity index (χ0v) is 18.2. The summed E-state index contributed by atoms with van der Waals surface area (Å²) in [4.78, 5) is 26.1. The Bertz CT molecular complexity index is 840. The number of hydrogen-bond donors (Lipinski definition) is 0. The number of nitrogens with zero attached hydrogens (tertiary/aromatic N) is 2. The zero-order chi connectivity index (χ0) is 21.6. The molecule has 8 heteroatoms. The highest BCUT2D eigenvalue weighted by molar-refractivity contribution is 7.89. The first-order valence-corrected chi connectivity index (χ1v) is 11.3. The second kappa shape index (κ2) is 10.0. The smallest absolute Gasteiger partial charge is 0.338 e. The molecule has 1 amide bonds. The van der Waals surface area contributed by atoms with Crippen LogP contribution in [-0.4, -0.2) is 62.3 Å². The number of carbonyl (C=O) groups is 2. The summed E-state index contributed by atoms with van der Waals surface area (Å²) in [5, 5.41) is 0. The first kappa shape index (κ1) is 23.1. The predicted octanol–water partition coefficient (Wildman–Crippen LogP) is 2.69. The van der Waals surface area contributed by atoms with E-state index in [1.54, 1.807) is 4.90 Å². The van der Waals surface area contributed by atoms with Gasteiger partial charge in [0.05, 0.1) is 10.5 Å². The summed E-state index contributed by atoms with van der Waals surface area (Å²) in [7, 11) is -3.57. The van der Waals surface area contributed by atoms with Crippen LogP contribution in [0.3, 0.4) is 0 Å². The number of rotatable bonds is 8. The lowest BCUT2D eigenvalue weighted by Gasteiger charge is -2.29. The van der Waals surface area contributed by atoms with Crippen molar-refractivity contribution < 1.29 is 22.7 Å². The van der Waals surface area contributed by atoms with Crippen LogP contribution in [0.2, 0.25) is 0 Å². The van der Waals surface area contributed by atoms with Crippen molar-refractivity contribution in [2.75, 3.05) is 32.8 Å². The molecule has 1 aliphatic heterocycles. The van der Waals surface area contributed by atoms with E-state index in [0.717, 1.165) is 18.4 Å². The van der Waals surface area contributed by atoms with Crippen molar-refractivity contribution in [3.63, 3.8) is 0 Å². The van der Waals surface area contributed by atoms with Gasteiger partial charge in [-0.25, -0.2) is 13.2 Å². The summed E-state index contributed by atoms with van der Waals surface area (Å²) < 4.78 is 32.1. The number of carbonyl (C=O) groups excluding carboxylic acids is 2. The van der Waals surface area contributed by atoms with Crippen LogP contribution in [0.25, 0.3) is 0 Å². The zero-order valence-electron chi connectivity index (χ0n) is 17.4. The summed E-state index contributed by atoms with van der Waals surface area (Å²) in [6, 6.07) is 5.64. The van der Waals surface area contributed by atoms with Crippen molar-refractivity contribution in [2.45, 2.75) is 38.5 Å². The molecule has 0 spiro atoms. The van der Waals surface area contributed by atoms with Crippen LogP contribution in [0.15, 0.2) is 41.3 Å². The summed E-state index contributed by atoms with van der Waals surface area (Å²) in [6.07, 6.45) is 1.69. The molecule has 0 N–H and O–H groups in total. The van der Waals surface area contributed by atoms with Gasteiger partial charge >= 0.3 is 5.97 Å². The Morgan fingerprint density at radius 2 is 1.79 bits per heavy atom. The summed E-state index contributed by atoms with van der Waals surface area (Å²) in [5.41, 5.74) is 1.04. The molecular formula is C21H30N2O5S. The van der Waals surface area contributed by atoms with Crippen LogP contribution in [-0.2, 0) is 19.6 Å². The molecule has 1 saturated heterocycles. The minimum Gasteiger partial charge on any atom is -0.452 e. The number of ether oxygens (including phenoxy) is 1. The molecule has 0 saturated carbocycles. The van der Waals surface area contributed by atoms with Crippen molar-refractivity contribution >= 4 is 21.9 Å². The Morgan fingerprint density at radius 1 is 1.21 bits per heavy atom. The summed E-state index contributed by atoms with van der Waals surface area (Å²) >= 11 is 0. The number of likely N-dealkylation sites (N-methyl/N-ethyl adjacent to an activating group) is 1. The van der Waals surface area contributed by atoms with Crippen LogP contribution in [0, 0.1) is 5.92 Å². The predicted molar refractivity (Wildman–Crippen MR) is 111 cm³/mol. The van der Waals surface area contributed by atoms with E-state index in [4.69, 9.17) is 4.74 Å². The fourth-order valence-electron chi connectivity index (χ4n) is 3.14. The quantitative estimate of drug-likeness (QED) is 0.475. The number of amides is 1. The average Bonchev–Trinajstić information content (AvgIpc) is 2.70. The molecule has 0 aliphatic carbocycles. The molecule has 2 rings (SSSR count). The van der Waals surface area contributed by atoms with E-state index in [2.05, 4.69) is 13.5 Å². The number of sulfonamides is 1. The second-order valence-electron chi connectivity index (χ2n) is 7.55. The van der Waals surface area contributed by atoms with E-state index in [-0.39, 0.29) is 23.0 Å². The maximum Gasteiger partial charge on any atom is 0.338 e. The molecule has 1 aliphatic rings. The Labute approximate surface area is 173 Å². The van der Waals surface area contributed by atoms with E-state index in [1.165, 1.54) is 28.6 Å². The number of esters is 1. The highest BCUT2D eigenvalue weighted by atomic mass is 32.2. The molecular weight excluding hydrogens is 392 g/mol. The molecule has 1 fully saturated rings. The second-order valence-corrected chi connectivity index (χ2v) is 9.49. The highest BCUT2D eigenvalue weighted by Crippen LogP contribution is 2.23. The monoisotopic (exact) mass is 422 g/mol. The van der Waals surface area contributed by atoms with Gasteiger partial charge in [-0.2, -0.15) is 4.31 Å². The van der Waals surface area contributed by atoms with Gasteiger partial charge in [0.1, 0.15) is 0 Å². The lowest BCUT2D eigenvalue weighted by Crippen LogP contribution is -2.37. The van der Waals surface area contributed by atoms with Crippen LogP contribution >= 0.6 is 0 Å². The van der Waals surface area contributed by atoms with Gasteiger partial charge in [-0.15, -0.1) is 0 Å². The molecule has 29 heavy (non-hydrogen) atoms. The van der Waals surface area contributed by atoms with Gasteiger partial charge in [0.15, 0.2) is 6.61 Å².